The lowest BCUT2D eigenvalue weighted by Gasteiger charge is -2.21. The van der Waals surface area contributed by atoms with Gasteiger partial charge in [0.05, 0.1) is 36.2 Å². The molecule has 0 fully saturated rings. The Balaban J connectivity index is 0.000000380. The number of rotatable bonds is 12. The van der Waals surface area contributed by atoms with Crippen LogP contribution in [0.2, 0.25) is 0 Å². The molecule has 0 aromatic heterocycles. The summed E-state index contributed by atoms with van der Waals surface area (Å²) in [5, 5.41) is 0. The van der Waals surface area contributed by atoms with Gasteiger partial charge in [-0.25, -0.2) is 9.59 Å². The van der Waals surface area contributed by atoms with Gasteiger partial charge in [-0.1, -0.05) is 50.2 Å². The first-order valence-electron chi connectivity index (χ1n) is 13.0. The molecule has 0 N–H and O–H groups in total. The molecule has 8 nitrogen and oxygen atoms in total. The van der Waals surface area contributed by atoms with Gasteiger partial charge in [-0.15, -0.1) is 0 Å². The minimum atomic E-state index is -0.466. The zero-order valence-electron chi connectivity index (χ0n) is 23.2. The predicted molar refractivity (Wildman–Crippen MR) is 143 cm³/mol. The van der Waals surface area contributed by atoms with Crippen LogP contribution in [0.5, 0.6) is 0 Å². The molecule has 0 aliphatic heterocycles. The normalized spacial score (nSPS) is 13.4. The quantitative estimate of drug-likeness (QED) is 0.257. The Hall–Kier alpha value is -3.68. The zero-order valence-corrected chi connectivity index (χ0v) is 23.2. The van der Waals surface area contributed by atoms with Gasteiger partial charge in [-0.3, -0.25) is 9.59 Å². The van der Waals surface area contributed by atoms with Crippen LogP contribution >= 0.6 is 0 Å². The van der Waals surface area contributed by atoms with Crippen LogP contribution in [0.1, 0.15) is 75.1 Å². The van der Waals surface area contributed by atoms with Crippen molar-refractivity contribution < 1.29 is 38.1 Å². The molecule has 4 atom stereocenters. The van der Waals surface area contributed by atoms with E-state index in [0.29, 0.717) is 37.2 Å². The molecular weight excluding hydrogens is 488 g/mol. The molecule has 0 heterocycles. The smallest absolute Gasteiger partial charge is 0.338 e. The van der Waals surface area contributed by atoms with E-state index in [2.05, 4.69) is 0 Å². The average molecular weight is 529 g/mol. The fraction of sp³-hybridized carbons (Fsp3) is 0.467. The first-order valence-corrected chi connectivity index (χ1v) is 13.0. The van der Waals surface area contributed by atoms with E-state index in [1.165, 1.54) is 0 Å². The van der Waals surface area contributed by atoms with Crippen molar-refractivity contribution in [3.05, 3.63) is 71.8 Å². The maximum atomic E-state index is 11.9. The Kier molecular flexibility index (Phi) is 15.1. The van der Waals surface area contributed by atoms with Crippen molar-refractivity contribution in [3.63, 3.8) is 0 Å². The van der Waals surface area contributed by atoms with Crippen molar-refractivity contribution in [1.29, 1.82) is 0 Å². The largest absolute Gasteiger partial charge is 0.466 e. The Morgan fingerprint density at radius 3 is 1.16 bits per heavy atom. The van der Waals surface area contributed by atoms with Gasteiger partial charge in [-0.2, -0.15) is 0 Å². The molecular formula is C30H40O8. The van der Waals surface area contributed by atoms with Crippen molar-refractivity contribution in [1.82, 2.24) is 0 Å². The van der Waals surface area contributed by atoms with E-state index in [0.717, 1.165) is 0 Å². The van der Waals surface area contributed by atoms with Crippen LogP contribution in [0.3, 0.4) is 0 Å². The van der Waals surface area contributed by atoms with Gasteiger partial charge in [0.25, 0.3) is 0 Å². The maximum absolute atomic E-state index is 11.9. The summed E-state index contributed by atoms with van der Waals surface area (Å²) < 4.78 is 20.6. The fourth-order valence-electron chi connectivity index (χ4n) is 3.49. The molecule has 38 heavy (non-hydrogen) atoms. The Bertz CT molecular complexity index is 908. The number of ether oxygens (including phenoxy) is 4. The number of carbonyl (C=O) groups is 4. The summed E-state index contributed by atoms with van der Waals surface area (Å²) in [5.74, 6) is -2.42. The summed E-state index contributed by atoms with van der Waals surface area (Å²) in [6.45, 7) is 11.3. The molecule has 0 aliphatic carbocycles. The summed E-state index contributed by atoms with van der Waals surface area (Å²) in [7, 11) is 0. The van der Waals surface area contributed by atoms with Gasteiger partial charge in [0.15, 0.2) is 0 Å². The standard InChI is InChI=1S/2C15H20O4/c2*1-4-13(11(3)14(16)18-5-2)19-15(17)12-9-7-6-8-10-12/h2*6-11,13H,4-5H2,1-3H3. The van der Waals surface area contributed by atoms with Crippen molar-refractivity contribution in [2.45, 2.75) is 66.6 Å². The lowest BCUT2D eigenvalue weighted by Crippen LogP contribution is -2.31. The lowest BCUT2D eigenvalue weighted by molar-refractivity contribution is -0.152. The highest BCUT2D eigenvalue weighted by atomic mass is 16.6. The summed E-state index contributed by atoms with van der Waals surface area (Å²) in [5.41, 5.74) is 0.967. The van der Waals surface area contributed by atoms with Crippen LogP contribution in [-0.4, -0.2) is 49.3 Å². The molecule has 2 aromatic carbocycles. The lowest BCUT2D eigenvalue weighted by atomic mass is 10.0. The molecule has 208 valence electrons. The van der Waals surface area contributed by atoms with E-state index in [9.17, 15) is 19.2 Å². The molecule has 0 saturated carbocycles. The van der Waals surface area contributed by atoms with E-state index in [1.807, 2.05) is 26.0 Å². The Morgan fingerprint density at radius 1 is 0.579 bits per heavy atom. The third kappa shape index (κ3) is 10.7. The highest BCUT2D eigenvalue weighted by molar-refractivity contribution is 5.90. The summed E-state index contributed by atoms with van der Waals surface area (Å²) in [4.78, 5) is 47.1. The molecule has 2 aromatic rings. The van der Waals surface area contributed by atoms with Crippen molar-refractivity contribution in [2.75, 3.05) is 13.2 Å². The first kappa shape index (κ1) is 32.3. The van der Waals surface area contributed by atoms with E-state index in [1.54, 1.807) is 76.2 Å². The molecule has 0 radical (unpaired) electrons. The van der Waals surface area contributed by atoms with Gasteiger partial charge < -0.3 is 18.9 Å². The Labute approximate surface area is 225 Å². The molecule has 0 saturated heterocycles. The van der Waals surface area contributed by atoms with Crippen LogP contribution in [-0.2, 0) is 28.5 Å². The van der Waals surface area contributed by atoms with E-state index in [-0.39, 0.29) is 11.9 Å². The van der Waals surface area contributed by atoms with Crippen LogP contribution in [0, 0.1) is 11.8 Å². The van der Waals surface area contributed by atoms with Crippen molar-refractivity contribution in [2.24, 2.45) is 11.8 Å². The number of hydrogen-bond acceptors (Lipinski definition) is 8. The van der Waals surface area contributed by atoms with E-state index < -0.39 is 36.0 Å². The second-order valence-corrected chi connectivity index (χ2v) is 8.52. The van der Waals surface area contributed by atoms with Gasteiger partial charge in [-0.05, 0) is 64.8 Å². The van der Waals surface area contributed by atoms with Gasteiger partial charge in [0, 0.05) is 0 Å². The number of esters is 4. The molecule has 0 spiro atoms. The first-order chi connectivity index (χ1) is 18.2. The summed E-state index contributed by atoms with van der Waals surface area (Å²) in [6, 6.07) is 17.5. The number of hydrogen-bond donors (Lipinski definition) is 0. The number of benzene rings is 2. The van der Waals surface area contributed by atoms with E-state index >= 15 is 0 Å². The average Bonchev–Trinajstić information content (AvgIpc) is 2.95. The maximum Gasteiger partial charge on any atom is 0.338 e. The van der Waals surface area contributed by atoms with Gasteiger partial charge >= 0.3 is 23.9 Å². The molecule has 0 aliphatic rings. The third-order valence-corrected chi connectivity index (χ3v) is 5.77. The summed E-state index contributed by atoms with van der Waals surface area (Å²) >= 11 is 0. The van der Waals surface area contributed by atoms with Crippen LogP contribution < -0.4 is 0 Å². The monoisotopic (exact) mass is 528 g/mol. The molecule has 0 bridgehead atoms. The second-order valence-electron chi connectivity index (χ2n) is 8.52. The van der Waals surface area contributed by atoms with E-state index in [4.69, 9.17) is 18.9 Å². The molecule has 2 rings (SSSR count). The third-order valence-electron chi connectivity index (χ3n) is 5.77. The van der Waals surface area contributed by atoms with Gasteiger partial charge in [0.1, 0.15) is 12.2 Å². The topological polar surface area (TPSA) is 105 Å². The highest BCUT2D eigenvalue weighted by Gasteiger charge is 2.28. The highest BCUT2D eigenvalue weighted by Crippen LogP contribution is 2.17. The van der Waals surface area contributed by atoms with Crippen LogP contribution in [0.25, 0.3) is 0 Å². The van der Waals surface area contributed by atoms with Gasteiger partial charge in [0.2, 0.25) is 0 Å². The zero-order chi connectivity index (χ0) is 28.5. The molecule has 4 unspecified atom stereocenters. The fourth-order valence-corrected chi connectivity index (χ4v) is 3.49. The second kappa shape index (κ2) is 17.7. The molecule has 8 heteroatoms. The number of carbonyl (C=O) groups excluding carboxylic acids is 4. The SMILES string of the molecule is CCOC(=O)C(C)C(CC)OC(=O)c1ccccc1.CCOC(=O)C(C)C(CC)OC(=O)c1ccccc1. The minimum Gasteiger partial charge on any atom is -0.466 e. The van der Waals surface area contributed by atoms with Crippen molar-refractivity contribution >= 4 is 23.9 Å². The minimum absolute atomic E-state index is 0.326. The Morgan fingerprint density at radius 2 is 0.895 bits per heavy atom. The predicted octanol–water partition coefficient (Wildman–Crippen LogP) is 5.64. The van der Waals surface area contributed by atoms with Crippen molar-refractivity contribution in [3.8, 4) is 0 Å². The molecule has 0 amide bonds. The van der Waals surface area contributed by atoms with Crippen LogP contribution in [0.4, 0.5) is 0 Å². The van der Waals surface area contributed by atoms with Crippen LogP contribution in [0.15, 0.2) is 60.7 Å². The summed E-state index contributed by atoms with van der Waals surface area (Å²) in [6.07, 6.45) is 0.204.